The molecule has 1 saturated carbocycles. The molecule has 0 radical (unpaired) electrons. The predicted octanol–water partition coefficient (Wildman–Crippen LogP) is 4.10. The maximum Gasteiger partial charge on any atom is 0.0634 e. The van der Waals surface area contributed by atoms with E-state index >= 15 is 0 Å². The molecule has 1 N–H and O–H groups in total. The Balaban J connectivity index is 2.00. The van der Waals surface area contributed by atoms with Crippen LogP contribution < -0.4 is 5.32 Å². The Labute approximate surface area is 130 Å². The van der Waals surface area contributed by atoms with Crippen LogP contribution >= 0.6 is 15.9 Å². The average molecular weight is 338 g/mol. The summed E-state index contributed by atoms with van der Waals surface area (Å²) in [4.78, 5) is 0. The first-order valence-electron chi connectivity index (χ1n) is 7.76. The Hall–Kier alpha value is -0.380. The Bertz CT molecular complexity index is 458. The van der Waals surface area contributed by atoms with Crippen molar-refractivity contribution >= 4 is 15.9 Å². The lowest BCUT2D eigenvalue weighted by Crippen LogP contribution is -2.52. The molecule has 3 unspecified atom stereocenters. The van der Waals surface area contributed by atoms with Crippen molar-refractivity contribution in [2.75, 3.05) is 20.2 Å². The number of nitrogens with one attached hydrogen (secondary N) is 1. The number of piperidine rings is 1. The van der Waals surface area contributed by atoms with Gasteiger partial charge in [-0.2, -0.15) is 0 Å². The molecule has 1 heterocycles. The number of halogens is 1. The van der Waals surface area contributed by atoms with Crippen LogP contribution in [0.4, 0.5) is 0 Å². The molecule has 0 amide bonds. The zero-order chi connectivity index (χ0) is 14.0. The molecule has 2 fully saturated rings. The zero-order valence-corrected chi connectivity index (χ0v) is 13.8. The number of methoxy groups -OCH3 is 1. The molecular formula is C17H24BrNO. The quantitative estimate of drug-likeness (QED) is 0.877. The standard InChI is InChI=1S/C17H24BrNO/c1-20-16-8-4-5-9-17(16)10-11-19-12-14(17)13-6-2-3-7-15(13)18/h2-3,6-7,14,16,19H,4-5,8-12H2,1H3. The van der Waals surface area contributed by atoms with Gasteiger partial charge in [0, 0.05) is 29.5 Å². The topological polar surface area (TPSA) is 21.3 Å². The van der Waals surface area contributed by atoms with Crippen molar-refractivity contribution < 1.29 is 4.74 Å². The summed E-state index contributed by atoms with van der Waals surface area (Å²) in [5.41, 5.74) is 1.77. The van der Waals surface area contributed by atoms with Gasteiger partial charge in [0.15, 0.2) is 0 Å². The van der Waals surface area contributed by atoms with Crippen LogP contribution in [0.5, 0.6) is 0 Å². The summed E-state index contributed by atoms with van der Waals surface area (Å²) in [7, 11) is 1.90. The largest absolute Gasteiger partial charge is 0.381 e. The van der Waals surface area contributed by atoms with Gasteiger partial charge in [0.1, 0.15) is 0 Å². The highest BCUT2D eigenvalue weighted by molar-refractivity contribution is 9.10. The Kier molecular flexibility index (Phi) is 4.49. The molecule has 0 aromatic heterocycles. The minimum Gasteiger partial charge on any atom is -0.381 e. The van der Waals surface area contributed by atoms with Gasteiger partial charge in [-0.3, -0.25) is 0 Å². The van der Waals surface area contributed by atoms with E-state index in [1.165, 1.54) is 42.1 Å². The van der Waals surface area contributed by atoms with Gasteiger partial charge < -0.3 is 10.1 Å². The number of ether oxygens (including phenoxy) is 1. The highest BCUT2D eigenvalue weighted by Gasteiger charge is 2.48. The first kappa shape index (κ1) is 14.6. The maximum absolute atomic E-state index is 5.93. The van der Waals surface area contributed by atoms with Gasteiger partial charge in [-0.15, -0.1) is 0 Å². The average Bonchev–Trinajstić information content (AvgIpc) is 2.49. The first-order valence-corrected chi connectivity index (χ1v) is 8.55. The zero-order valence-electron chi connectivity index (χ0n) is 12.2. The molecule has 3 heteroatoms. The summed E-state index contributed by atoms with van der Waals surface area (Å²) >= 11 is 3.76. The second-order valence-corrected chi connectivity index (χ2v) is 7.09. The molecule has 1 aromatic carbocycles. The molecule has 3 rings (SSSR count). The lowest BCUT2D eigenvalue weighted by Gasteiger charge is -2.51. The van der Waals surface area contributed by atoms with Crippen molar-refractivity contribution in [3.05, 3.63) is 34.3 Å². The second kappa shape index (κ2) is 6.17. The van der Waals surface area contributed by atoms with E-state index in [2.05, 4.69) is 45.5 Å². The molecule has 1 aliphatic carbocycles. The van der Waals surface area contributed by atoms with Gasteiger partial charge in [-0.25, -0.2) is 0 Å². The van der Waals surface area contributed by atoms with E-state index in [9.17, 15) is 0 Å². The van der Waals surface area contributed by atoms with Crippen molar-refractivity contribution in [2.45, 2.75) is 44.1 Å². The number of hydrogen-bond acceptors (Lipinski definition) is 2. The van der Waals surface area contributed by atoms with E-state index in [0.717, 1.165) is 13.1 Å². The fourth-order valence-electron chi connectivity index (χ4n) is 4.39. The highest BCUT2D eigenvalue weighted by Crippen LogP contribution is 2.52. The van der Waals surface area contributed by atoms with Gasteiger partial charge in [-0.05, 0) is 37.4 Å². The molecule has 1 spiro atoms. The van der Waals surface area contributed by atoms with Crippen molar-refractivity contribution in [3.8, 4) is 0 Å². The van der Waals surface area contributed by atoms with Crippen LogP contribution in [0.2, 0.25) is 0 Å². The molecule has 1 aromatic rings. The molecule has 1 aliphatic heterocycles. The van der Waals surface area contributed by atoms with Crippen LogP contribution in [-0.2, 0) is 4.74 Å². The van der Waals surface area contributed by atoms with Gasteiger partial charge in [0.05, 0.1) is 6.10 Å². The van der Waals surface area contributed by atoms with Gasteiger partial charge in [0.25, 0.3) is 0 Å². The van der Waals surface area contributed by atoms with Crippen molar-refractivity contribution in [3.63, 3.8) is 0 Å². The third-order valence-corrected chi connectivity index (χ3v) is 6.10. The summed E-state index contributed by atoms with van der Waals surface area (Å²) < 4.78 is 7.18. The Morgan fingerprint density at radius 3 is 2.90 bits per heavy atom. The molecule has 2 nitrogen and oxygen atoms in total. The third kappa shape index (κ3) is 2.44. The Morgan fingerprint density at radius 2 is 2.10 bits per heavy atom. The summed E-state index contributed by atoms with van der Waals surface area (Å²) in [5.74, 6) is 0.553. The van der Waals surface area contributed by atoms with Crippen molar-refractivity contribution in [2.24, 2.45) is 5.41 Å². The minimum absolute atomic E-state index is 0.322. The van der Waals surface area contributed by atoms with E-state index in [1.807, 2.05) is 7.11 Å². The van der Waals surface area contributed by atoms with Crippen molar-refractivity contribution in [1.82, 2.24) is 5.32 Å². The lowest BCUT2D eigenvalue weighted by molar-refractivity contribution is -0.0718. The van der Waals surface area contributed by atoms with Gasteiger partial charge in [-0.1, -0.05) is 47.0 Å². The maximum atomic E-state index is 5.93. The lowest BCUT2D eigenvalue weighted by atomic mass is 9.59. The smallest absolute Gasteiger partial charge is 0.0634 e. The van der Waals surface area contributed by atoms with Crippen LogP contribution in [-0.4, -0.2) is 26.3 Å². The summed E-state index contributed by atoms with van der Waals surface area (Å²) in [6.07, 6.45) is 6.83. The van der Waals surface area contributed by atoms with Crippen LogP contribution in [0, 0.1) is 5.41 Å². The van der Waals surface area contributed by atoms with Gasteiger partial charge in [0.2, 0.25) is 0 Å². The highest BCUT2D eigenvalue weighted by atomic mass is 79.9. The van der Waals surface area contributed by atoms with Gasteiger partial charge >= 0.3 is 0 Å². The molecule has 0 bridgehead atoms. The number of hydrogen-bond donors (Lipinski definition) is 1. The monoisotopic (exact) mass is 337 g/mol. The Morgan fingerprint density at radius 1 is 1.25 bits per heavy atom. The van der Waals surface area contributed by atoms with E-state index < -0.39 is 0 Å². The summed E-state index contributed by atoms with van der Waals surface area (Å²) in [5, 5.41) is 3.60. The minimum atomic E-state index is 0.322. The van der Waals surface area contributed by atoms with Crippen LogP contribution in [0.25, 0.3) is 0 Å². The van der Waals surface area contributed by atoms with E-state index in [0.29, 0.717) is 17.4 Å². The fraction of sp³-hybridized carbons (Fsp3) is 0.647. The van der Waals surface area contributed by atoms with Crippen molar-refractivity contribution in [1.29, 1.82) is 0 Å². The van der Waals surface area contributed by atoms with Crippen LogP contribution in [0.3, 0.4) is 0 Å². The second-order valence-electron chi connectivity index (χ2n) is 6.23. The number of rotatable bonds is 2. The van der Waals surface area contributed by atoms with E-state index in [4.69, 9.17) is 4.74 Å². The normalized spacial score (nSPS) is 34.3. The molecule has 2 aliphatic rings. The predicted molar refractivity (Wildman–Crippen MR) is 86.1 cm³/mol. The molecule has 110 valence electrons. The molecular weight excluding hydrogens is 314 g/mol. The summed E-state index contributed by atoms with van der Waals surface area (Å²) in [6, 6.07) is 8.71. The van der Waals surface area contributed by atoms with Crippen LogP contribution in [0.15, 0.2) is 28.7 Å². The first-order chi connectivity index (χ1) is 9.78. The van der Waals surface area contributed by atoms with E-state index in [-0.39, 0.29) is 0 Å². The van der Waals surface area contributed by atoms with E-state index in [1.54, 1.807) is 0 Å². The number of benzene rings is 1. The molecule has 20 heavy (non-hydrogen) atoms. The molecule has 3 atom stereocenters. The fourth-order valence-corrected chi connectivity index (χ4v) is 4.95. The third-order valence-electron chi connectivity index (χ3n) is 5.37. The van der Waals surface area contributed by atoms with Crippen LogP contribution in [0.1, 0.15) is 43.6 Å². The summed E-state index contributed by atoms with van der Waals surface area (Å²) in [6.45, 7) is 2.20. The SMILES string of the molecule is COC1CCCCC12CCNCC2c1ccccc1Br. The molecule has 1 saturated heterocycles.